The summed E-state index contributed by atoms with van der Waals surface area (Å²) in [7, 11) is 3.25. The number of carboxylic acid groups (broad SMARTS) is 1. The molecule has 1 aliphatic rings. The molecule has 0 aliphatic carbocycles. The molecule has 2 heterocycles. The van der Waals surface area contributed by atoms with Crippen molar-refractivity contribution in [2.75, 3.05) is 25.7 Å². The van der Waals surface area contributed by atoms with Crippen LogP contribution in [0.3, 0.4) is 0 Å². The maximum atomic E-state index is 11.9. The van der Waals surface area contributed by atoms with Crippen LogP contribution in [0.1, 0.15) is 51.6 Å². The van der Waals surface area contributed by atoms with Crippen molar-refractivity contribution in [1.29, 1.82) is 0 Å². The van der Waals surface area contributed by atoms with Gasteiger partial charge in [-0.3, -0.25) is 0 Å². The van der Waals surface area contributed by atoms with Gasteiger partial charge in [0.15, 0.2) is 0 Å². The number of nitrogens with zero attached hydrogens (tertiary/aromatic N) is 3. The van der Waals surface area contributed by atoms with E-state index in [1.54, 1.807) is 14.2 Å². The first-order valence-corrected chi connectivity index (χ1v) is 11.7. The van der Waals surface area contributed by atoms with Crippen LogP contribution in [-0.2, 0) is 6.61 Å². The first kappa shape index (κ1) is 24.6. The van der Waals surface area contributed by atoms with Gasteiger partial charge in [0.1, 0.15) is 29.4 Å². The number of carbonyl (C=O) groups is 1. The minimum Gasteiger partial charge on any atom is -0.497 e. The molecule has 1 N–H and O–H groups in total. The Morgan fingerprint density at radius 1 is 1.14 bits per heavy atom. The molecule has 1 aliphatic heterocycles. The molecule has 8 nitrogen and oxygen atoms in total. The Bertz CT molecular complexity index is 1230. The summed E-state index contributed by atoms with van der Waals surface area (Å²) in [5.74, 6) is 1.39. The van der Waals surface area contributed by atoms with Gasteiger partial charge < -0.3 is 24.2 Å². The van der Waals surface area contributed by atoms with Crippen LogP contribution in [0, 0.1) is 13.8 Å². The Morgan fingerprint density at radius 2 is 1.89 bits per heavy atom. The predicted molar refractivity (Wildman–Crippen MR) is 133 cm³/mol. The van der Waals surface area contributed by atoms with Crippen molar-refractivity contribution in [2.24, 2.45) is 0 Å². The molecule has 1 aromatic heterocycles. The van der Waals surface area contributed by atoms with Gasteiger partial charge in [-0.15, -0.1) is 0 Å². The van der Waals surface area contributed by atoms with Gasteiger partial charge in [-0.2, -0.15) is 0 Å². The van der Waals surface area contributed by atoms with Crippen molar-refractivity contribution in [3.63, 3.8) is 0 Å². The topological polar surface area (TPSA) is 94.0 Å². The molecule has 1 atom stereocenters. The van der Waals surface area contributed by atoms with E-state index in [1.165, 1.54) is 6.20 Å². The summed E-state index contributed by atoms with van der Waals surface area (Å²) in [6.45, 7) is 4.52. The third-order valence-corrected chi connectivity index (χ3v) is 6.78. The third kappa shape index (κ3) is 5.12. The summed E-state index contributed by atoms with van der Waals surface area (Å²) in [6.07, 6.45) is 3.18. The predicted octanol–water partition coefficient (Wildman–Crippen LogP) is 5.38. The van der Waals surface area contributed by atoms with E-state index in [9.17, 15) is 9.90 Å². The second kappa shape index (κ2) is 10.4. The van der Waals surface area contributed by atoms with Gasteiger partial charge in [0.2, 0.25) is 5.95 Å². The van der Waals surface area contributed by atoms with Crippen molar-refractivity contribution < 1.29 is 24.1 Å². The number of aromatic carboxylic acids is 1. The number of halogens is 1. The SMILES string of the molecule is COc1ccc(C2CCCN2c2ncc(C(=O)O)c(COc3cc(C)c(Cl)c(C)c3)n2)c(OC)c1. The highest BCUT2D eigenvalue weighted by Crippen LogP contribution is 2.40. The van der Waals surface area contributed by atoms with Gasteiger partial charge in [-0.1, -0.05) is 11.6 Å². The number of aromatic nitrogens is 2. The molecule has 0 radical (unpaired) electrons. The molecular weight excluding hydrogens is 470 g/mol. The number of hydrogen-bond acceptors (Lipinski definition) is 7. The average Bonchev–Trinajstić information content (AvgIpc) is 3.35. The highest BCUT2D eigenvalue weighted by atomic mass is 35.5. The van der Waals surface area contributed by atoms with E-state index in [1.807, 2.05) is 44.2 Å². The lowest BCUT2D eigenvalue weighted by molar-refractivity contribution is 0.0692. The molecule has 1 fully saturated rings. The molecule has 1 saturated heterocycles. The quantitative estimate of drug-likeness (QED) is 0.443. The maximum absolute atomic E-state index is 11.9. The zero-order valence-corrected chi connectivity index (χ0v) is 20.9. The number of ether oxygens (including phenoxy) is 3. The van der Waals surface area contributed by atoms with Crippen molar-refractivity contribution in [3.05, 3.63) is 69.5 Å². The second-order valence-electron chi connectivity index (χ2n) is 8.45. The van der Waals surface area contributed by atoms with E-state index in [4.69, 9.17) is 25.8 Å². The minimum absolute atomic E-state index is 0.00827. The Balaban J connectivity index is 1.64. The molecule has 184 valence electrons. The van der Waals surface area contributed by atoms with E-state index in [-0.39, 0.29) is 18.2 Å². The van der Waals surface area contributed by atoms with Gasteiger partial charge in [0, 0.05) is 29.4 Å². The normalized spacial score (nSPS) is 15.2. The number of hydrogen-bond donors (Lipinski definition) is 1. The van der Waals surface area contributed by atoms with Crippen LogP contribution >= 0.6 is 11.6 Å². The number of benzene rings is 2. The lowest BCUT2D eigenvalue weighted by Gasteiger charge is -2.27. The van der Waals surface area contributed by atoms with Crippen molar-refractivity contribution in [3.8, 4) is 17.2 Å². The second-order valence-corrected chi connectivity index (χ2v) is 8.83. The fraction of sp³-hybridized carbons (Fsp3) is 0.346. The largest absolute Gasteiger partial charge is 0.497 e. The summed E-state index contributed by atoms with van der Waals surface area (Å²) in [6, 6.07) is 9.38. The Labute approximate surface area is 209 Å². The molecule has 35 heavy (non-hydrogen) atoms. The van der Waals surface area contributed by atoms with Crippen molar-refractivity contribution in [1.82, 2.24) is 9.97 Å². The van der Waals surface area contributed by atoms with Crippen LogP contribution in [0.4, 0.5) is 5.95 Å². The summed E-state index contributed by atoms with van der Waals surface area (Å²) >= 11 is 6.25. The standard InChI is InChI=1S/C26H28ClN3O5/c1-15-10-18(11-16(2)24(15)27)35-14-21-20(25(31)32)13-28-26(29-21)30-9-5-6-22(30)19-8-7-17(33-3)12-23(19)34-4/h7-8,10-13,22H,5-6,9,14H2,1-4H3,(H,31,32). The van der Waals surface area contributed by atoms with Crippen LogP contribution < -0.4 is 19.1 Å². The van der Waals surface area contributed by atoms with E-state index in [2.05, 4.69) is 14.9 Å². The maximum Gasteiger partial charge on any atom is 0.339 e. The number of anilines is 1. The monoisotopic (exact) mass is 497 g/mol. The van der Waals surface area contributed by atoms with Gasteiger partial charge in [0.25, 0.3) is 0 Å². The highest BCUT2D eigenvalue weighted by molar-refractivity contribution is 6.32. The zero-order chi connectivity index (χ0) is 25.1. The zero-order valence-electron chi connectivity index (χ0n) is 20.2. The smallest absolute Gasteiger partial charge is 0.339 e. The molecule has 3 aromatic rings. The number of aryl methyl sites for hydroxylation is 2. The number of methoxy groups -OCH3 is 2. The fourth-order valence-electron chi connectivity index (χ4n) is 4.40. The molecule has 0 bridgehead atoms. The Kier molecular flexibility index (Phi) is 7.31. The molecule has 1 unspecified atom stereocenters. The number of carboxylic acids is 1. The van der Waals surface area contributed by atoms with E-state index < -0.39 is 5.97 Å². The highest BCUT2D eigenvalue weighted by Gasteiger charge is 2.31. The summed E-state index contributed by atoms with van der Waals surface area (Å²) in [5.41, 5.74) is 3.09. The molecule has 9 heteroatoms. The number of rotatable bonds is 8. The van der Waals surface area contributed by atoms with Crippen LogP contribution in [0.2, 0.25) is 5.02 Å². The summed E-state index contributed by atoms with van der Waals surface area (Å²) in [4.78, 5) is 23.0. The molecule has 2 aromatic carbocycles. The first-order chi connectivity index (χ1) is 16.8. The van der Waals surface area contributed by atoms with Crippen molar-refractivity contribution in [2.45, 2.75) is 39.3 Å². The van der Waals surface area contributed by atoms with Gasteiger partial charge >= 0.3 is 5.97 Å². The fourth-order valence-corrected chi connectivity index (χ4v) is 4.51. The lowest BCUT2D eigenvalue weighted by Crippen LogP contribution is -2.26. The van der Waals surface area contributed by atoms with Crippen LogP contribution in [0.5, 0.6) is 17.2 Å². The first-order valence-electron chi connectivity index (χ1n) is 11.3. The van der Waals surface area contributed by atoms with Crippen LogP contribution in [0.15, 0.2) is 36.5 Å². The molecule has 0 saturated carbocycles. The Morgan fingerprint density at radius 3 is 2.54 bits per heavy atom. The van der Waals surface area contributed by atoms with Gasteiger partial charge in [-0.25, -0.2) is 14.8 Å². The van der Waals surface area contributed by atoms with E-state index >= 15 is 0 Å². The lowest BCUT2D eigenvalue weighted by atomic mass is 10.0. The van der Waals surface area contributed by atoms with Crippen LogP contribution in [0.25, 0.3) is 0 Å². The molecule has 4 rings (SSSR count). The van der Waals surface area contributed by atoms with Crippen molar-refractivity contribution >= 4 is 23.5 Å². The van der Waals surface area contributed by atoms with Gasteiger partial charge in [-0.05, 0) is 62.1 Å². The summed E-state index contributed by atoms with van der Waals surface area (Å²) in [5, 5.41) is 10.4. The molecule has 0 amide bonds. The third-order valence-electron chi connectivity index (χ3n) is 6.18. The molecular formula is C26H28ClN3O5. The van der Waals surface area contributed by atoms with E-state index in [0.29, 0.717) is 28.2 Å². The molecule has 0 spiro atoms. The van der Waals surface area contributed by atoms with Gasteiger partial charge in [0.05, 0.1) is 26.0 Å². The summed E-state index contributed by atoms with van der Waals surface area (Å²) < 4.78 is 16.9. The van der Waals surface area contributed by atoms with E-state index in [0.717, 1.165) is 41.8 Å². The minimum atomic E-state index is -1.10. The van der Waals surface area contributed by atoms with Crippen LogP contribution in [-0.4, -0.2) is 41.8 Å². The Hall–Kier alpha value is -3.52. The average molecular weight is 498 g/mol.